The molecular formula is C11H8N2O3. The second-order valence-electron chi connectivity index (χ2n) is 3.14. The van der Waals surface area contributed by atoms with E-state index in [1.54, 1.807) is 24.3 Å². The van der Waals surface area contributed by atoms with Crippen LogP contribution in [0.1, 0.15) is 5.69 Å². The Morgan fingerprint density at radius 2 is 2.12 bits per heavy atom. The lowest BCUT2D eigenvalue weighted by molar-refractivity contribution is -0.131. The zero-order valence-electron chi connectivity index (χ0n) is 8.18. The SMILES string of the molecule is O=C(O)/C=C/c1nc2ccccc2[nH]c1=O. The van der Waals surface area contributed by atoms with Crippen LogP contribution in [0.4, 0.5) is 0 Å². The Kier molecular flexibility index (Phi) is 2.51. The van der Waals surface area contributed by atoms with Crippen LogP contribution in [0.5, 0.6) is 0 Å². The molecule has 0 aliphatic rings. The second kappa shape index (κ2) is 3.98. The highest BCUT2D eigenvalue weighted by Gasteiger charge is 2.01. The van der Waals surface area contributed by atoms with Crippen molar-refractivity contribution in [1.29, 1.82) is 0 Å². The fourth-order valence-corrected chi connectivity index (χ4v) is 1.31. The van der Waals surface area contributed by atoms with Crippen molar-refractivity contribution in [2.45, 2.75) is 0 Å². The van der Waals surface area contributed by atoms with E-state index in [0.717, 1.165) is 6.08 Å². The number of benzene rings is 1. The first-order valence-corrected chi connectivity index (χ1v) is 4.57. The van der Waals surface area contributed by atoms with Gasteiger partial charge in [0.15, 0.2) is 0 Å². The molecule has 5 heteroatoms. The van der Waals surface area contributed by atoms with E-state index in [-0.39, 0.29) is 5.69 Å². The molecule has 16 heavy (non-hydrogen) atoms. The van der Waals surface area contributed by atoms with Gasteiger partial charge in [0.25, 0.3) is 5.56 Å². The molecule has 0 radical (unpaired) electrons. The van der Waals surface area contributed by atoms with E-state index in [2.05, 4.69) is 9.97 Å². The van der Waals surface area contributed by atoms with E-state index in [1.165, 1.54) is 6.08 Å². The van der Waals surface area contributed by atoms with Crippen molar-refractivity contribution >= 4 is 23.1 Å². The predicted molar refractivity (Wildman–Crippen MR) is 59.0 cm³/mol. The number of hydrogen-bond donors (Lipinski definition) is 2. The van der Waals surface area contributed by atoms with Gasteiger partial charge in [-0.3, -0.25) is 4.79 Å². The summed E-state index contributed by atoms with van der Waals surface area (Å²) in [5.41, 5.74) is 0.921. The highest BCUT2D eigenvalue weighted by Crippen LogP contribution is 2.06. The minimum absolute atomic E-state index is 0.0844. The van der Waals surface area contributed by atoms with Crippen molar-refractivity contribution in [1.82, 2.24) is 9.97 Å². The number of nitrogens with one attached hydrogen (secondary N) is 1. The lowest BCUT2D eigenvalue weighted by atomic mass is 10.3. The van der Waals surface area contributed by atoms with Gasteiger partial charge in [0, 0.05) is 6.08 Å². The second-order valence-corrected chi connectivity index (χ2v) is 3.14. The molecule has 1 aromatic carbocycles. The summed E-state index contributed by atoms with van der Waals surface area (Å²) in [4.78, 5) is 28.5. The fourth-order valence-electron chi connectivity index (χ4n) is 1.31. The average molecular weight is 216 g/mol. The first-order chi connectivity index (χ1) is 7.66. The molecule has 0 unspecified atom stereocenters. The number of aromatic nitrogens is 2. The van der Waals surface area contributed by atoms with Crippen LogP contribution in [0.15, 0.2) is 35.1 Å². The summed E-state index contributed by atoms with van der Waals surface area (Å²) in [6.07, 6.45) is 2.06. The summed E-state index contributed by atoms with van der Waals surface area (Å²) in [5, 5.41) is 8.45. The maximum atomic E-state index is 11.5. The quantitative estimate of drug-likeness (QED) is 0.734. The molecule has 0 fully saturated rings. The van der Waals surface area contributed by atoms with Gasteiger partial charge in [0.2, 0.25) is 0 Å². The third-order valence-corrected chi connectivity index (χ3v) is 2.01. The number of fused-ring (bicyclic) bond motifs is 1. The lowest BCUT2D eigenvalue weighted by Gasteiger charge is -1.97. The summed E-state index contributed by atoms with van der Waals surface area (Å²) >= 11 is 0. The summed E-state index contributed by atoms with van der Waals surface area (Å²) in [6, 6.07) is 7.04. The first-order valence-electron chi connectivity index (χ1n) is 4.57. The molecule has 80 valence electrons. The van der Waals surface area contributed by atoms with Crippen LogP contribution >= 0.6 is 0 Å². The number of carboxylic acid groups (broad SMARTS) is 1. The van der Waals surface area contributed by atoms with Crippen molar-refractivity contribution < 1.29 is 9.90 Å². The standard InChI is InChI=1S/C11H8N2O3/c14-10(15)6-5-9-11(16)13-8-4-2-1-3-7(8)12-9/h1-6H,(H,13,16)(H,14,15)/b6-5+. The number of carboxylic acids is 1. The van der Waals surface area contributed by atoms with E-state index < -0.39 is 11.5 Å². The summed E-state index contributed by atoms with van der Waals surface area (Å²) in [6.45, 7) is 0. The Balaban J connectivity index is 2.59. The maximum absolute atomic E-state index is 11.5. The number of nitrogens with zero attached hydrogens (tertiary/aromatic N) is 1. The van der Waals surface area contributed by atoms with Gasteiger partial charge >= 0.3 is 5.97 Å². The highest BCUT2D eigenvalue weighted by atomic mass is 16.4. The maximum Gasteiger partial charge on any atom is 0.328 e. The number of aliphatic carboxylic acids is 1. The van der Waals surface area contributed by atoms with Crippen LogP contribution in [0.3, 0.4) is 0 Å². The summed E-state index contributed by atoms with van der Waals surface area (Å²) < 4.78 is 0. The van der Waals surface area contributed by atoms with Crippen molar-refractivity contribution in [2.24, 2.45) is 0 Å². The van der Waals surface area contributed by atoms with Gasteiger partial charge in [-0.25, -0.2) is 9.78 Å². The molecule has 0 aliphatic heterocycles. The Labute approximate surface area is 90.1 Å². The minimum Gasteiger partial charge on any atom is -0.478 e. The Morgan fingerprint density at radius 1 is 1.38 bits per heavy atom. The van der Waals surface area contributed by atoms with Gasteiger partial charge in [-0.2, -0.15) is 0 Å². The van der Waals surface area contributed by atoms with Crippen molar-refractivity contribution in [3.05, 3.63) is 46.4 Å². The van der Waals surface area contributed by atoms with Crippen LogP contribution in [-0.4, -0.2) is 21.0 Å². The van der Waals surface area contributed by atoms with Crippen molar-refractivity contribution in [2.75, 3.05) is 0 Å². The molecule has 0 bridgehead atoms. The third kappa shape index (κ3) is 1.98. The number of hydrogen-bond acceptors (Lipinski definition) is 3. The minimum atomic E-state index is -1.12. The van der Waals surface area contributed by atoms with Crippen LogP contribution in [-0.2, 0) is 4.79 Å². The van der Waals surface area contributed by atoms with E-state index >= 15 is 0 Å². The number of carbonyl (C=O) groups is 1. The zero-order valence-corrected chi connectivity index (χ0v) is 8.18. The van der Waals surface area contributed by atoms with Crippen molar-refractivity contribution in [3.63, 3.8) is 0 Å². The number of H-pyrrole nitrogens is 1. The van der Waals surface area contributed by atoms with Crippen LogP contribution in [0.25, 0.3) is 17.1 Å². The average Bonchev–Trinajstić information content (AvgIpc) is 2.26. The monoisotopic (exact) mass is 216 g/mol. The number of rotatable bonds is 2. The molecule has 2 N–H and O–H groups in total. The summed E-state index contributed by atoms with van der Waals surface area (Å²) in [5.74, 6) is -1.12. The normalized spacial score (nSPS) is 11.0. The Morgan fingerprint density at radius 3 is 2.88 bits per heavy atom. The molecule has 0 aliphatic carbocycles. The molecule has 1 heterocycles. The van der Waals surface area contributed by atoms with Gasteiger partial charge in [-0.1, -0.05) is 12.1 Å². The first kappa shape index (κ1) is 10.1. The molecule has 0 amide bonds. The lowest BCUT2D eigenvalue weighted by Crippen LogP contribution is -2.11. The molecule has 2 rings (SSSR count). The molecular weight excluding hydrogens is 208 g/mol. The smallest absolute Gasteiger partial charge is 0.328 e. The molecule has 0 spiro atoms. The van der Waals surface area contributed by atoms with E-state index in [9.17, 15) is 9.59 Å². The Bertz CT molecular complexity index is 628. The van der Waals surface area contributed by atoms with Crippen molar-refractivity contribution in [3.8, 4) is 0 Å². The summed E-state index contributed by atoms with van der Waals surface area (Å²) in [7, 11) is 0. The molecule has 5 nitrogen and oxygen atoms in total. The highest BCUT2D eigenvalue weighted by molar-refractivity contribution is 5.85. The van der Waals surface area contributed by atoms with Gasteiger partial charge in [0.05, 0.1) is 11.0 Å². The van der Waals surface area contributed by atoms with Gasteiger partial charge in [-0.15, -0.1) is 0 Å². The van der Waals surface area contributed by atoms with E-state index in [0.29, 0.717) is 11.0 Å². The molecule has 0 saturated heterocycles. The molecule has 2 aromatic rings. The molecule has 0 atom stereocenters. The fraction of sp³-hybridized carbons (Fsp3) is 0. The van der Waals surface area contributed by atoms with E-state index in [1.807, 2.05) is 0 Å². The van der Waals surface area contributed by atoms with Crippen LogP contribution in [0.2, 0.25) is 0 Å². The Hall–Kier alpha value is -2.43. The van der Waals surface area contributed by atoms with Crippen LogP contribution < -0.4 is 5.56 Å². The molecule has 0 saturated carbocycles. The van der Waals surface area contributed by atoms with Gasteiger partial charge in [-0.05, 0) is 18.2 Å². The number of para-hydroxylation sites is 2. The molecule has 1 aromatic heterocycles. The topological polar surface area (TPSA) is 83.0 Å². The van der Waals surface area contributed by atoms with Crippen LogP contribution in [0, 0.1) is 0 Å². The van der Waals surface area contributed by atoms with Gasteiger partial charge in [0.1, 0.15) is 5.69 Å². The van der Waals surface area contributed by atoms with Gasteiger partial charge < -0.3 is 10.1 Å². The predicted octanol–water partition coefficient (Wildman–Crippen LogP) is 1.02. The van der Waals surface area contributed by atoms with E-state index in [4.69, 9.17) is 5.11 Å². The third-order valence-electron chi connectivity index (χ3n) is 2.01. The number of aromatic amines is 1. The largest absolute Gasteiger partial charge is 0.478 e. The zero-order chi connectivity index (χ0) is 11.5.